The number of nitrogens with zero attached hydrogens (tertiary/aromatic N) is 4. The van der Waals surface area contributed by atoms with Gasteiger partial charge in [0.2, 0.25) is 0 Å². The Hall–Kier alpha value is -3.86. The number of nitrogens with one attached hydrogen (secondary N) is 2. The molecule has 0 radical (unpaired) electrons. The van der Waals surface area contributed by atoms with Crippen LogP contribution in [0, 0.1) is 12.3 Å². The van der Waals surface area contributed by atoms with E-state index in [2.05, 4.69) is 26.4 Å². The number of fused-ring (bicyclic) bond motifs is 2. The Morgan fingerprint density at radius 2 is 2.22 bits per heavy atom. The molecule has 1 amide bonds. The summed E-state index contributed by atoms with van der Waals surface area (Å²) in [6.45, 7) is 2.89. The van der Waals surface area contributed by atoms with Crippen LogP contribution in [-0.4, -0.2) is 36.8 Å². The fourth-order valence-corrected chi connectivity index (χ4v) is 3.02. The number of hydrogen-bond donors (Lipinski definition) is 2. The van der Waals surface area contributed by atoms with Crippen LogP contribution in [0.2, 0.25) is 0 Å². The largest absolute Gasteiger partial charge is 0.341 e. The van der Waals surface area contributed by atoms with E-state index in [-0.39, 0.29) is 23.3 Å². The summed E-state index contributed by atoms with van der Waals surface area (Å²) < 4.78 is 3.12. The molecule has 8 heteroatoms. The molecule has 2 N–H and O–H groups in total. The number of terminal acetylenes is 1. The smallest absolute Gasteiger partial charge is 0.273 e. The summed E-state index contributed by atoms with van der Waals surface area (Å²) in [4.78, 5) is 29.2. The normalized spacial score (nSPS) is 11.0. The highest BCUT2D eigenvalue weighted by Gasteiger charge is 2.16. The second-order valence-electron chi connectivity index (χ2n) is 5.95. The topological polar surface area (TPSA) is 97.1 Å². The number of amides is 1. The summed E-state index contributed by atoms with van der Waals surface area (Å²) in [6, 6.07) is 7.19. The molecular formula is C19H16N6O2. The SMILES string of the molecule is C#CCNC(=O)c1c[nH]n2c(=O)cc(-c3ccc4c(cnn4CC)c3)nc12. The van der Waals surface area contributed by atoms with E-state index in [1.54, 1.807) is 6.20 Å². The summed E-state index contributed by atoms with van der Waals surface area (Å²) in [6.07, 6.45) is 8.39. The third-order valence-electron chi connectivity index (χ3n) is 4.33. The van der Waals surface area contributed by atoms with Crippen LogP contribution in [0.15, 0.2) is 41.5 Å². The molecule has 0 bridgehead atoms. The maximum atomic E-state index is 12.4. The molecule has 0 aliphatic carbocycles. The molecule has 3 aromatic heterocycles. The zero-order valence-electron chi connectivity index (χ0n) is 14.6. The van der Waals surface area contributed by atoms with Crippen LogP contribution in [0.4, 0.5) is 0 Å². The maximum absolute atomic E-state index is 12.4. The highest BCUT2D eigenvalue weighted by Crippen LogP contribution is 2.23. The highest BCUT2D eigenvalue weighted by molar-refractivity contribution is 6.00. The van der Waals surface area contributed by atoms with Gasteiger partial charge in [-0.3, -0.25) is 19.4 Å². The summed E-state index contributed by atoms with van der Waals surface area (Å²) in [5.74, 6) is 1.95. The first kappa shape index (κ1) is 16.6. The molecule has 3 heterocycles. The number of hydrogen-bond acceptors (Lipinski definition) is 4. The van der Waals surface area contributed by atoms with Crippen molar-refractivity contribution in [2.45, 2.75) is 13.5 Å². The van der Waals surface area contributed by atoms with E-state index in [0.717, 1.165) is 23.0 Å². The van der Waals surface area contributed by atoms with Crippen molar-refractivity contribution in [3.05, 3.63) is 52.6 Å². The van der Waals surface area contributed by atoms with E-state index in [9.17, 15) is 9.59 Å². The Labute approximate surface area is 153 Å². The zero-order valence-corrected chi connectivity index (χ0v) is 14.6. The molecule has 134 valence electrons. The van der Waals surface area contributed by atoms with Crippen molar-refractivity contribution in [3.8, 4) is 23.6 Å². The fourth-order valence-electron chi connectivity index (χ4n) is 3.02. The van der Waals surface area contributed by atoms with Crippen LogP contribution in [0.3, 0.4) is 0 Å². The molecule has 0 saturated carbocycles. The number of benzene rings is 1. The van der Waals surface area contributed by atoms with Gasteiger partial charge >= 0.3 is 0 Å². The zero-order chi connectivity index (χ0) is 19.0. The second kappa shape index (κ2) is 6.46. The highest BCUT2D eigenvalue weighted by atomic mass is 16.2. The third-order valence-corrected chi connectivity index (χ3v) is 4.33. The van der Waals surface area contributed by atoms with Crippen molar-refractivity contribution in [2.24, 2.45) is 0 Å². The summed E-state index contributed by atoms with van der Waals surface area (Å²) in [5.41, 5.74) is 2.46. The number of aromatic amines is 1. The van der Waals surface area contributed by atoms with Crippen LogP contribution in [0.25, 0.3) is 27.8 Å². The number of H-pyrrole nitrogens is 1. The van der Waals surface area contributed by atoms with E-state index in [4.69, 9.17) is 6.42 Å². The summed E-state index contributed by atoms with van der Waals surface area (Å²) in [5, 5.41) is 10.6. The Bertz CT molecular complexity index is 1270. The molecule has 0 fully saturated rings. The number of rotatable bonds is 4. The Kier molecular flexibility index (Phi) is 3.97. The van der Waals surface area contributed by atoms with Crippen molar-refractivity contribution in [2.75, 3.05) is 6.54 Å². The molecule has 8 nitrogen and oxygen atoms in total. The number of aryl methyl sites for hydroxylation is 1. The van der Waals surface area contributed by atoms with Crippen LogP contribution in [-0.2, 0) is 6.54 Å². The predicted molar refractivity (Wildman–Crippen MR) is 101 cm³/mol. The molecule has 4 rings (SSSR count). The lowest BCUT2D eigenvalue weighted by molar-refractivity contribution is 0.0960. The lowest BCUT2D eigenvalue weighted by Gasteiger charge is -2.04. The van der Waals surface area contributed by atoms with Gasteiger partial charge in [0.15, 0.2) is 5.65 Å². The van der Waals surface area contributed by atoms with Crippen molar-refractivity contribution in [1.29, 1.82) is 0 Å². The number of carbonyl (C=O) groups excluding carboxylic acids is 1. The summed E-state index contributed by atoms with van der Waals surface area (Å²) in [7, 11) is 0. The predicted octanol–water partition coefficient (Wildman–Crippen LogP) is 1.42. The average molecular weight is 360 g/mol. The van der Waals surface area contributed by atoms with E-state index in [1.807, 2.05) is 29.8 Å². The molecule has 1 aromatic carbocycles. The van der Waals surface area contributed by atoms with Gasteiger partial charge in [-0.05, 0) is 19.1 Å². The van der Waals surface area contributed by atoms with Crippen molar-refractivity contribution < 1.29 is 4.79 Å². The van der Waals surface area contributed by atoms with Gasteiger partial charge in [0.1, 0.15) is 5.56 Å². The van der Waals surface area contributed by atoms with E-state index in [1.165, 1.54) is 16.8 Å². The van der Waals surface area contributed by atoms with Crippen molar-refractivity contribution >= 4 is 22.5 Å². The molecule has 0 atom stereocenters. The van der Waals surface area contributed by atoms with Gasteiger partial charge in [-0.25, -0.2) is 9.50 Å². The minimum Gasteiger partial charge on any atom is -0.341 e. The van der Waals surface area contributed by atoms with Gasteiger partial charge in [-0.2, -0.15) is 5.10 Å². The van der Waals surface area contributed by atoms with Crippen LogP contribution in [0.1, 0.15) is 17.3 Å². The molecule has 27 heavy (non-hydrogen) atoms. The van der Waals surface area contributed by atoms with E-state index in [0.29, 0.717) is 5.69 Å². The molecule has 0 unspecified atom stereocenters. The van der Waals surface area contributed by atoms with Gasteiger partial charge in [0.05, 0.1) is 24.0 Å². The van der Waals surface area contributed by atoms with Crippen LogP contribution >= 0.6 is 0 Å². The number of carbonyl (C=O) groups is 1. The lowest BCUT2D eigenvalue weighted by atomic mass is 10.1. The monoisotopic (exact) mass is 360 g/mol. The summed E-state index contributed by atoms with van der Waals surface area (Å²) >= 11 is 0. The Morgan fingerprint density at radius 1 is 1.37 bits per heavy atom. The maximum Gasteiger partial charge on any atom is 0.273 e. The second-order valence-corrected chi connectivity index (χ2v) is 5.95. The lowest BCUT2D eigenvalue weighted by Crippen LogP contribution is -2.24. The molecule has 0 aliphatic heterocycles. The molecule has 0 spiro atoms. The number of aromatic nitrogens is 5. The van der Waals surface area contributed by atoms with Crippen molar-refractivity contribution in [3.63, 3.8) is 0 Å². The van der Waals surface area contributed by atoms with Gasteiger partial charge in [-0.15, -0.1) is 6.42 Å². The van der Waals surface area contributed by atoms with E-state index >= 15 is 0 Å². The van der Waals surface area contributed by atoms with Crippen LogP contribution in [0.5, 0.6) is 0 Å². The molecule has 0 aliphatic rings. The van der Waals surface area contributed by atoms with Gasteiger partial charge in [0, 0.05) is 29.8 Å². The minimum atomic E-state index is -0.393. The Morgan fingerprint density at radius 3 is 3.00 bits per heavy atom. The average Bonchev–Trinajstić information content (AvgIpc) is 3.29. The minimum absolute atomic E-state index is 0.0954. The van der Waals surface area contributed by atoms with Gasteiger partial charge in [-0.1, -0.05) is 12.0 Å². The standard InChI is InChI=1S/C19H16N6O2/c1-3-7-20-19(27)14-11-22-25-17(26)9-15(23-18(14)25)12-5-6-16-13(8-12)10-21-24(16)4-2/h1,5-6,8-11,22H,4,7H2,2H3,(H,20,27). The third kappa shape index (κ3) is 2.75. The van der Waals surface area contributed by atoms with Crippen LogP contribution < -0.4 is 10.9 Å². The first-order valence-electron chi connectivity index (χ1n) is 8.41. The first-order chi connectivity index (χ1) is 13.1. The molecule has 4 aromatic rings. The van der Waals surface area contributed by atoms with Crippen molar-refractivity contribution in [1.82, 2.24) is 29.7 Å². The molecular weight excluding hydrogens is 344 g/mol. The Balaban J connectivity index is 1.84. The fraction of sp³-hybridized carbons (Fsp3) is 0.158. The van der Waals surface area contributed by atoms with Gasteiger partial charge in [0.25, 0.3) is 11.5 Å². The molecule has 0 saturated heterocycles. The first-order valence-corrected chi connectivity index (χ1v) is 8.41. The quantitative estimate of drug-likeness (QED) is 0.538. The van der Waals surface area contributed by atoms with Gasteiger partial charge < -0.3 is 5.32 Å². The van der Waals surface area contributed by atoms with E-state index < -0.39 is 5.91 Å².